The van der Waals surface area contributed by atoms with Crippen LogP contribution in [0.4, 0.5) is 0 Å². The number of hydrogen-bond acceptors (Lipinski definition) is 5. The molecule has 0 heterocycles. The molecule has 4 saturated carbocycles. The molecule has 4 N–H and O–H groups in total. The first kappa shape index (κ1) is 26.4. The molecule has 4 aliphatic rings. The maximum Gasteiger partial charge on any atom is 0.266 e. The fourth-order valence-electron chi connectivity index (χ4n) is 9.14. The number of carbonyl (C=O) groups excluding carboxylic acids is 1. The van der Waals surface area contributed by atoms with Crippen molar-refractivity contribution in [2.45, 2.75) is 97.2 Å². The van der Waals surface area contributed by atoms with Crippen LogP contribution in [-0.2, 0) is 14.9 Å². The molecule has 4 fully saturated rings. The van der Waals surface area contributed by atoms with Gasteiger partial charge in [0.25, 0.3) is 10.1 Å². The topological polar surface area (TPSA) is 124 Å². The summed E-state index contributed by atoms with van der Waals surface area (Å²) in [5.41, 5.74) is 0.411. The van der Waals surface area contributed by atoms with Gasteiger partial charge in [-0.2, -0.15) is 8.42 Å². The molecule has 34 heavy (non-hydrogen) atoms. The largest absolute Gasteiger partial charge is 0.393 e. The van der Waals surface area contributed by atoms with Crippen LogP contribution in [0.15, 0.2) is 0 Å². The maximum atomic E-state index is 12.2. The predicted molar refractivity (Wildman–Crippen MR) is 130 cm³/mol. The molecule has 7 nitrogen and oxygen atoms in total. The van der Waals surface area contributed by atoms with Gasteiger partial charge in [-0.3, -0.25) is 9.35 Å². The fraction of sp³-hybridized carbons (Fsp3) is 0.962. The highest BCUT2D eigenvalue weighted by atomic mass is 32.2. The van der Waals surface area contributed by atoms with Crippen molar-refractivity contribution in [3.63, 3.8) is 0 Å². The zero-order valence-electron chi connectivity index (χ0n) is 21.1. The molecular formula is C26H45NO6S. The second-order valence-electron chi connectivity index (χ2n) is 12.6. The van der Waals surface area contributed by atoms with Crippen LogP contribution in [0, 0.1) is 46.3 Å². The van der Waals surface area contributed by atoms with Gasteiger partial charge in [0.1, 0.15) is 0 Å². The maximum absolute atomic E-state index is 12.2. The van der Waals surface area contributed by atoms with Crippen molar-refractivity contribution in [2.24, 2.45) is 46.3 Å². The molecule has 1 amide bonds. The molecule has 0 radical (unpaired) electrons. The van der Waals surface area contributed by atoms with Gasteiger partial charge in [0, 0.05) is 13.0 Å². The molecule has 196 valence electrons. The van der Waals surface area contributed by atoms with Crippen LogP contribution in [0.25, 0.3) is 0 Å². The summed E-state index contributed by atoms with van der Waals surface area (Å²) in [6, 6.07) is 0. The van der Waals surface area contributed by atoms with Gasteiger partial charge >= 0.3 is 0 Å². The van der Waals surface area contributed by atoms with E-state index in [1.54, 1.807) is 0 Å². The normalized spacial score (nSPS) is 45.1. The van der Waals surface area contributed by atoms with Crippen molar-refractivity contribution in [3.8, 4) is 0 Å². The number of nitrogens with one attached hydrogen (secondary N) is 1. The van der Waals surface area contributed by atoms with E-state index in [2.05, 4.69) is 26.1 Å². The third kappa shape index (κ3) is 4.94. The lowest BCUT2D eigenvalue weighted by atomic mass is 9.43. The standard InChI is InChI=1S/C26H45NO6S/c1-16(4-7-23(30)27-12-13-34(31,32)33)19-5-6-20-24-21(9-11-26(19,20)3)25(2)10-8-18(28)14-17(25)15-22(24)29/h16-22,24,28-29H,4-15H2,1-3H3,(H,27,30)(H,31,32,33)/t16?,17-,18?,19?,20-,21-,22?,24-,25-,26+/m0/s1. The highest BCUT2D eigenvalue weighted by molar-refractivity contribution is 7.85. The van der Waals surface area contributed by atoms with E-state index in [9.17, 15) is 23.4 Å². The van der Waals surface area contributed by atoms with Gasteiger partial charge in [-0.25, -0.2) is 0 Å². The number of hydrogen-bond donors (Lipinski definition) is 4. The summed E-state index contributed by atoms with van der Waals surface area (Å²) in [4.78, 5) is 12.2. The van der Waals surface area contributed by atoms with E-state index in [0.717, 1.165) is 51.4 Å². The summed E-state index contributed by atoms with van der Waals surface area (Å²) in [6.07, 6.45) is 8.87. The second kappa shape index (κ2) is 9.64. The lowest BCUT2D eigenvalue weighted by Crippen LogP contribution is -2.58. The minimum atomic E-state index is -4.06. The average molecular weight is 500 g/mol. The highest BCUT2D eigenvalue weighted by Gasteiger charge is 2.62. The zero-order chi connectivity index (χ0) is 24.9. The molecule has 0 aromatic carbocycles. The van der Waals surface area contributed by atoms with E-state index < -0.39 is 15.9 Å². The third-order valence-corrected chi connectivity index (χ3v) is 11.6. The van der Waals surface area contributed by atoms with Gasteiger partial charge in [-0.1, -0.05) is 20.8 Å². The number of amides is 1. The van der Waals surface area contributed by atoms with Crippen molar-refractivity contribution in [1.82, 2.24) is 5.32 Å². The summed E-state index contributed by atoms with van der Waals surface area (Å²) in [7, 11) is -4.06. The number of rotatable bonds is 7. The molecule has 0 aromatic heterocycles. The van der Waals surface area contributed by atoms with E-state index >= 15 is 0 Å². The van der Waals surface area contributed by atoms with Crippen molar-refractivity contribution in [2.75, 3.05) is 12.3 Å². The summed E-state index contributed by atoms with van der Waals surface area (Å²) in [6.45, 7) is 7.05. The van der Waals surface area contributed by atoms with Crippen molar-refractivity contribution < 1.29 is 28.0 Å². The van der Waals surface area contributed by atoms with Crippen molar-refractivity contribution >= 4 is 16.0 Å². The van der Waals surface area contributed by atoms with Gasteiger partial charge in [-0.15, -0.1) is 0 Å². The van der Waals surface area contributed by atoms with E-state index in [1.807, 2.05) is 0 Å². The molecule has 4 unspecified atom stereocenters. The first-order valence-corrected chi connectivity index (χ1v) is 15.0. The fourth-order valence-corrected chi connectivity index (χ4v) is 9.50. The van der Waals surface area contributed by atoms with Gasteiger partial charge < -0.3 is 15.5 Å². The van der Waals surface area contributed by atoms with Crippen LogP contribution in [0.3, 0.4) is 0 Å². The minimum Gasteiger partial charge on any atom is -0.393 e. The zero-order valence-corrected chi connectivity index (χ0v) is 21.9. The predicted octanol–water partition coefficient (Wildman–Crippen LogP) is 3.40. The summed E-state index contributed by atoms with van der Waals surface area (Å²) < 4.78 is 30.5. The number of carbonyl (C=O) groups is 1. The van der Waals surface area contributed by atoms with Crippen LogP contribution in [-0.4, -0.2) is 53.6 Å². The van der Waals surface area contributed by atoms with Crippen molar-refractivity contribution in [3.05, 3.63) is 0 Å². The molecular weight excluding hydrogens is 454 g/mol. The lowest BCUT2D eigenvalue weighted by molar-refractivity contribution is -0.174. The molecule has 0 bridgehead atoms. The molecule has 0 spiro atoms. The lowest BCUT2D eigenvalue weighted by Gasteiger charge is -2.62. The summed E-state index contributed by atoms with van der Waals surface area (Å²) in [5, 5.41) is 24.2. The Hall–Kier alpha value is -0.700. The van der Waals surface area contributed by atoms with Crippen LogP contribution >= 0.6 is 0 Å². The van der Waals surface area contributed by atoms with Gasteiger partial charge in [-0.05, 0) is 104 Å². The number of aliphatic hydroxyl groups excluding tert-OH is 2. The summed E-state index contributed by atoms with van der Waals surface area (Å²) >= 11 is 0. The van der Waals surface area contributed by atoms with E-state index in [4.69, 9.17) is 4.55 Å². The number of fused-ring (bicyclic) bond motifs is 5. The molecule has 4 aliphatic carbocycles. The molecule has 4 rings (SSSR count). The number of aliphatic hydroxyl groups is 2. The average Bonchev–Trinajstić information content (AvgIpc) is 3.09. The molecule has 0 saturated heterocycles. The highest BCUT2D eigenvalue weighted by Crippen LogP contribution is 2.68. The van der Waals surface area contributed by atoms with E-state index in [0.29, 0.717) is 41.9 Å². The van der Waals surface area contributed by atoms with Crippen LogP contribution < -0.4 is 5.32 Å². The molecule has 0 aromatic rings. The van der Waals surface area contributed by atoms with Crippen LogP contribution in [0.1, 0.15) is 85.0 Å². The quantitative estimate of drug-likeness (QED) is 0.398. The van der Waals surface area contributed by atoms with Gasteiger partial charge in [0.15, 0.2) is 0 Å². The van der Waals surface area contributed by atoms with Gasteiger partial charge in [0.05, 0.1) is 18.0 Å². The Bertz CT molecular complexity index is 863. The first-order valence-electron chi connectivity index (χ1n) is 13.4. The Morgan fingerprint density at radius 2 is 1.71 bits per heavy atom. The van der Waals surface area contributed by atoms with E-state index in [-0.39, 0.29) is 35.5 Å². The first-order chi connectivity index (χ1) is 15.8. The molecule has 10 atom stereocenters. The summed E-state index contributed by atoms with van der Waals surface area (Å²) in [5.74, 6) is 2.10. The van der Waals surface area contributed by atoms with Crippen LogP contribution in [0.5, 0.6) is 0 Å². The Balaban J connectivity index is 1.39. The van der Waals surface area contributed by atoms with Crippen molar-refractivity contribution in [1.29, 1.82) is 0 Å². The Morgan fingerprint density at radius 1 is 1.03 bits per heavy atom. The Kier molecular flexibility index (Phi) is 7.47. The SMILES string of the molecule is CC(CCC(=O)NCCS(=O)(=O)O)C1CC[C@H]2[C@@H]3C(O)C[C@@H]4CC(O)CC[C@]4(C)[C@H]3CC[C@]12C. The second-order valence-corrected chi connectivity index (χ2v) is 14.2. The third-order valence-electron chi connectivity index (χ3n) is 10.9. The smallest absolute Gasteiger partial charge is 0.266 e. The monoisotopic (exact) mass is 499 g/mol. The van der Waals surface area contributed by atoms with Gasteiger partial charge in [0.2, 0.25) is 5.91 Å². The molecule has 0 aliphatic heterocycles. The van der Waals surface area contributed by atoms with E-state index in [1.165, 1.54) is 6.42 Å². The Morgan fingerprint density at radius 3 is 2.41 bits per heavy atom. The Labute approximate surface area is 205 Å². The molecule has 8 heteroatoms. The minimum absolute atomic E-state index is 0.0625. The van der Waals surface area contributed by atoms with Crippen LogP contribution in [0.2, 0.25) is 0 Å².